The van der Waals surface area contributed by atoms with E-state index in [-0.39, 0.29) is 23.1 Å². The molecule has 4 aromatic rings. The van der Waals surface area contributed by atoms with Crippen molar-refractivity contribution < 1.29 is 9.21 Å². The highest BCUT2D eigenvalue weighted by molar-refractivity contribution is 7.08. The van der Waals surface area contributed by atoms with Gasteiger partial charge >= 0.3 is 0 Å². The summed E-state index contributed by atoms with van der Waals surface area (Å²) in [5.74, 6) is 0.628. The van der Waals surface area contributed by atoms with Crippen LogP contribution in [0.15, 0.2) is 50.3 Å². The summed E-state index contributed by atoms with van der Waals surface area (Å²) in [6, 6.07) is 9.55. The van der Waals surface area contributed by atoms with Crippen LogP contribution in [0.5, 0.6) is 0 Å². The van der Waals surface area contributed by atoms with Crippen molar-refractivity contribution >= 4 is 39.3 Å². The lowest BCUT2D eigenvalue weighted by atomic mass is 10.0. The summed E-state index contributed by atoms with van der Waals surface area (Å²) in [6.07, 6.45) is 1.74. The second kappa shape index (κ2) is 7.46. The summed E-state index contributed by atoms with van der Waals surface area (Å²) >= 11 is 1.52. The predicted octanol–water partition coefficient (Wildman–Crippen LogP) is 3.13. The number of rotatable bonds is 4. The van der Waals surface area contributed by atoms with Crippen molar-refractivity contribution in [3.05, 3.63) is 62.8 Å². The maximum atomic E-state index is 12.4. The molecule has 0 spiro atoms. The van der Waals surface area contributed by atoms with E-state index in [1.165, 1.54) is 11.3 Å². The summed E-state index contributed by atoms with van der Waals surface area (Å²) in [7, 11) is 0. The van der Waals surface area contributed by atoms with Crippen molar-refractivity contribution in [2.24, 2.45) is 0 Å². The van der Waals surface area contributed by atoms with Crippen molar-refractivity contribution in [3.8, 4) is 0 Å². The SMILES string of the molecule is O=C(NC1CCN(Cc2nc3c(oc4ccccc43)c(=O)[nH]2)CC1)c1ccsc1. The van der Waals surface area contributed by atoms with Crippen molar-refractivity contribution in [2.75, 3.05) is 13.1 Å². The molecule has 0 saturated carbocycles. The zero-order valence-electron chi connectivity index (χ0n) is 15.7. The second-order valence-corrected chi connectivity index (χ2v) is 8.10. The number of para-hydroxylation sites is 1. The molecule has 0 aliphatic carbocycles. The van der Waals surface area contributed by atoms with E-state index in [1.54, 1.807) is 0 Å². The fourth-order valence-electron chi connectivity index (χ4n) is 3.83. The molecule has 1 aromatic carbocycles. The van der Waals surface area contributed by atoms with E-state index in [2.05, 4.69) is 20.2 Å². The Morgan fingerprint density at radius 2 is 2.10 bits per heavy atom. The number of amides is 1. The number of benzene rings is 1. The largest absolute Gasteiger partial charge is 0.449 e. The van der Waals surface area contributed by atoms with Gasteiger partial charge < -0.3 is 14.7 Å². The fraction of sp³-hybridized carbons (Fsp3) is 0.286. The van der Waals surface area contributed by atoms with Gasteiger partial charge in [-0.3, -0.25) is 14.5 Å². The number of piperidine rings is 1. The number of nitrogens with one attached hydrogen (secondary N) is 2. The highest BCUT2D eigenvalue weighted by Crippen LogP contribution is 2.24. The van der Waals surface area contributed by atoms with Gasteiger partial charge in [0.05, 0.1) is 6.54 Å². The first kappa shape index (κ1) is 18.1. The number of carbonyl (C=O) groups excluding carboxylic acids is 1. The van der Waals surface area contributed by atoms with Crippen LogP contribution < -0.4 is 10.9 Å². The molecule has 8 heteroatoms. The Balaban J connectivity index is 1.27. The van der Waals surface area contributed by atoms with Crippen molar-refractivity contribution in [1.29, 1.82) is 0 Å². The van der Waals surface area contributed by atoms with E-state index in [4.69, 9.17) is 4.42 Å². The topological polar surface area (TPSA) is 91.2 Å². The van der Waals surface area contributed by atoms with E-state index >= 15 is 0 Å². The molecule has 2 N–H and O–H groups in total. The number of carbonyl (C=O) groups is 1. The van der Waals surface area contributed by atoms with Gasteiger partial charge in [0.1, 0.15) is 16.9 Å². The van der Waals surface area contributed by atoms with Gasteiger partial charge in [-0.2, -0.15) is 11.3 Å². The standard InChI is InChI=1S/C21H20N4O3S/c26-20(13-7-10-29-12-13)22-14-5-8-25(9-6-14)11-17-23-18-15-3-1-2-4-16(15)28-19(18)21(27)24-17/h1-4,7,10,12,14H,5-6,8-9,11H2,(H,22,26)(H,23,24,27). The average Bonchev–Trinajstić information content (AvgIpc) is 3.38. The zero-order valence-corrected chi connectivity index (χ0v) is 16.5. The maximum absolute atomic E-state index is 12.4. The molecule has 29 heavy (non-hydrogen) atoms. The number of hydrogen-bond acceptors (Lipinski definition) is 6. The minimum absolute atomic E-state index is 0.00650. The molecular formula is C21H20N4O3S. The normalized spacial score (nSPS) is 15.9. The molecule has 5 rings (SSSR count). The third-order valence-corrected chi connectivity index (χ3v) is 6.04. The Morgan fingerprint density at radius 3 is 2.90 bits per heavy atom. The smallest absolute Gasteiger partial charge is 0.294 e. The first-order valence-corrected chi connectivity index (χ1v) is 10.6. The number of nitrogens with zero attached hydrogens (tertiary/aromatic N) is 2. The van der Waals surface area contributed by atoms with Crippen LogP contribution in [0, 0.1) is 0 Å². The number of aromatic amines is 1. The summed E-state index contributed by atoms with van der Waals surface area (Å²) in [6.45, 7) is 2.24. The zero-order chi connectivity index (χ0) is 19.8. The average molecular weight is 408 g/mol. The molecule has 1 amide bonds. The summed E-state index contributed by atoms with van der Waals surface area (Å²) < 4.78 is 5.65. The van der Waals surface area contributed by atoms with Crippen LogP contribution in [0.2, 0.25) is 0 Å². The Hall–Kier alpha value is -2.97. The van der Waals surface area contributed by atoms with Crippen LogP contribution in [-0.4, -0.2) is 39.9 Å². The summed E-state index contributed by atoms with van der Waals surface area (Å²) in [4.78, 5) is 34.4. The first-order valence-electron chi connectivity index (χ1n) is 9.63. The summed E-state index contributed by atoms with van der Waals surface area (Å²) in [5, 5.41) is 7.73. The van der Waals surface area contributed by atoms with Gasteiger partial charge in [0.2, 0.25) is 5.58 Å². The van der Waals surface area contributed by atoms with Gasteiger partial charge in [-0.05, 0) is 36.4 Å². The number of fused-ring (bicyclic) bond motifs is 3. The third kappa shape index (κ3) is 3.56. The Labute approximate surface area is 170 Å². The van der Waals surface area contributed by atoms with Gasteiger partial charge in [0, 0.05) is 35.5 Å². The number of thiophene rings is 1. The van der Waals surface area contributed by atoms with Crippen LogP contribution >= 0.6 is 11.3 Å². The lowest BCUT2D eigenvalue weighted by molar-refractivity contribution is 0.0908. The van der Waals surface area contributed by atoms with Crippen LogP contribution in [0.4, 0.5) is 0 Å². The highest BCUT2D eigenvalue weighted by atomic mass is 32.1. The molecule has 1 aliphatic rings. The molecule has 7 nitrogen and oxygen atoms in total. The molecule has 0 radical (unpaired) electrons. The van der Waals surface area contributed by atoms with Crippen LogP contribution in [0.25, 0.3) is 22.1 Å². The fourth-order valence-corrected chi connectivity index (χ4v) is 4.47. The monoisotopic (exact) mass is 408 g/mol. The van der Waals surface area contributed by atoms with Crippen LogP contribution in [0.1, 0.15) is 29.0 Å². The minimum Gasteiger partial charge on any atom is -0.449 e. The van der Waals surface area contributed by atoms with E-state index in [1.807, 2.05) is 41.1 Å². The number of likely N-dealkylation sites (tertiary alicyclic amines) is 1. The van der Waals surface area contributed by atoms with Crippen LogP contribution in [-0.2, 0) is 6.54 Å². The molecule has 3 aromatic heterocycles. The number of aromatic nitrogens is 2. The molecule has 1 fully saturated rings. The van der Waals surface area contributed by atoms with E-state index in [0.717, 1.165) is 36.9 Å². The third-order valence-electron chi connectivity index (χ3n) is 5.36. The van der Waals surface area contributed by atoms with E-state index < -0.39 is 0 Å². The lowest BCUT2D eigenvalue weighted by Gasteiger charge is -2.31. The van der Waals surface area contributed by atoms with Crippen molar-refractivity contribution in [1.82, 2.24) is 20.2 Å². The molecule has 0 unspecified atom stereocenters. The molecule has 4 heterocycles. The van der Waals surface area contributed by atoms with E-state index in [0.29, 0.717) is 23.5 Å². The number of hydrogen-bond donors (Lipinski definition) is 2. The van der Waals surface area contributed by atoms with Gasteiger partial charge in [-0.25, -0.2) is 4.98 Å². The van der Waals surface area contributed by atoms with Crippen LogP contribution in [0.3, 0.4) is 0 Å². The highest BCUT2D eigenvalue weighted by Gasteiger charge is 2.22. The van der Waals surface area contributed by atoms with Crippen molar-refractivity contribution in [2.45, 2.75) is 25.4 Å². The van der Waals surface area contributed by atoms with Crippen molar-refractivity contribution in [3.63, 3.8) is 0 Å². The van der Waals surface area contributed by atoms with Gasteiger partial charge in [0.25, 0.3) is 11.5 Å². The van der Waals surface area contributed by atoms with Gasteiger partial charge in [-0.15, -0.1) is 0 Å². The quantitative estimate of drug-likeness (QED) is 0.541. The number of H-pyrrole nitrogens is 1. The van der Waals surface area contributed by atoms with Gasteiger partial charge in [-0.1, -0.05) is 12.1 Å². The first-order chi connectivity index (χ1) is 14.2. The molecular weight excluding hydrogens is 388 g/mol. The molecule has 1 saturated heterocycles. The predicted molar refractivity (Wildman–Crippen MR) is 112 cm³/mol. The molecule has 0 atom stereocenters. The molecule has 0 bridgehead atoms. The lowest BCUT2D eigenvalue weighted by Crippen LogP contribution is -2.44. The molecule has 1 aliphatic heterocycles. The van der Waals surface area contributed by atoms with E-state index in [9.17, 15) is 9.59 Å². The van der Waals surface area contributed by atoms with Gasteiger partial charge in [0.15, 0.2) is 0 Å². The number of furan rings is 1. The second-order valence-electron chi connectivity index (χ2n) is 7.32. The molecule has 148 valence electrons. The minimum atomic E-state index is -0.251. The Bertz CT molecular complexity index is 1220. The maximum Gasteiger partial charge on any atom is 0.294 e. The Kier molecular flexibility index (Phi) is 4.65. The summed E-state index contributed by atoms with van der Waals surface area (Å²) in [5.41, 5.74) is 2.01. The Morgan fingerprint density at radius 1 is 1.28 bits per heavy atom.